The van der Waals surface area contributed by atoms with E-state index < -0.39 is 0 Å². The normalized spacial score (nSPS) is 15.8. The largest absolute Gasteiger partial charge is 0.0651 e. The Balaban J connectivity index is 4.18. The molecular weight excluding hydrogens is 192 g/mol. The molecule has 0 amide bonds. The highest BCUT2D eigenvalue weighted by molar-refractivity contribution is 4.69. The molecule has 2 atom stereocenters. The summed E-state index contributed by atoms with van der Waals surface area (Å²) >= 11 is 0. The maximum absolute atomic E-state index is 2.42. The Morgan fingerprint density at radius 1 is 0.625 bits per heavy atom. The summed E-state index contributed by atoms with van der Waals surface area (Å²) in [5.74, 6) is 3.72. The zero-order chi connectivity index (χ0) is 12.6. The quantitative estimate of drug-likeness (QED) is 0.458. The third kappa shape index (κ3) is 7.30. The summed E-state index contributed by atoms with van der Waals surface area (Å²) in [6, 6.07) is 0. The Hall–Kier alpha value is 0. The smallest absolute Gasteiger partial charge is 0.0407 e. The molecule has 0 spiro atoms. The van der Waals surface area contributed by atoms with Crippen molar-refractivity contribution in [2.75, 3.05) is 0 Å². The lowest BCUT2D eigenvalue weighted by atomic mass is 9.80. The van der Waals surface area contributed by atoms with Crippen LogP contribution in [0, 0.1) is 23.7 Å². The van der Waals surface area contributed by atoms with Crippen LogP contribution >= 0.6 is 0 Å². The summed E-state index contributed by atoms with van der Waals surface area (Å²) in [5.41, 5.74) is 0. The topological polar surface area (TPSA) is 0 Å². The first kappa shape index (κ1) is 16.0. The molecule has 0 rings (SSSR count). The van der Waals surface area contributed by atoms with Crippen molar-refractivity contribution in [3.8, 4) is 0 Å². The van der Waals surface area contributed by atoms with E-state index in [0.29, 0.717) is 0 Å². The van der Waals surface area contributed by atoms with E-state index in [1.54, 1.807) is 0 Å². The average molecular weight is 226 g/mol. The van der Waals surface area contributed by atoms with Crippen LogP contribution in [-0.4, -0.2) is 0 Å². The van der Waals surface area contributed by atoms with Crippen molar-refractivity contribution in [1.29, 1.82) is 0 Å². The van der Waals surface area contributed by atoms with Gasteiger partial charge in [-0.15, -0.1) is 0 Å². The van der Waals surface area contributed by atoms with E-state index in [1.165, 1.54) is 38.5 Å². The van der Waals surface area contributed by atoms with E-state index in [2.05, 4.69) is 41.5 Å². The van der Waals surface area contributed by atoms with Gasteiger partial charge in [-0.05, 0) is 42.9 Å². The average Bonchev–Trinajstić information content (AvgIpc) is 2.24. The van der Waals surface area contributed by atoms with Crippen molar-refractivity contribution < 1.29 is 0 Å². The van der Waals surface area contributed by atoms with E-state index in [-0.39, 0.29) is 0 Å². The van der Waals surface area contributed by atoms with Gasteiger partial charge in [0.05, 0.1) is 0 Å². The van der Waals surface area contributed by atoms with E-state index >= 15 is 0 Å². The molecule has 0 radical (unpaired) electrons. The van der Waals surface area contributed by atoms with Crippen LogP contribution in [-0.2, 0) is 0 Å². The molecule has 0 N–H and O–H groups in total. The molecule has 0 aliphatic rings. The van der Waals surface area contributed by atoms with Crippen molar-refractivity contribution in [3.63, 3.8) is 0 Å². The van der Waals surface area contributed by atoms with Crippen molar-refractivity contribution in [1.82, 2.24) is 0 Å². The van der Waals surface area contributed by atoms with Gasteiger partial charge in [0.25, 0.3) is 0 Å². The van der Waals surface area contributed by atoms with Gasteiger partial charge >= 0.3 is 0 Å². The standard InChI is InChI=1S/C16H34/c1-7-14(6)11-16(10-13(4)5)12-15(8-2)9-3/h13-16H,7-12H2,1-6H3. The van der Waals surface area contributed by atoms with Crippen LogP contribution in [0.15, 0.2) is 0 Å². The Morgan fingerprint density at radius 3 is 1.56 bits per heavy atom. The molecular formula is C16H34. The fourth-order valence-electron chi connectivity index (χ4n) is 2.78. The first-order valence-electron chi connectivity index (χ1n) is 7.53. The lowest BCUT2D eigenvalue weighted by Crippen LogP contribution is -2.13. The molecule has 98 valence electrons. The third-order valence-electron chi connectivity index (χ3n) is 4.06. The van der Waals surface area contributed by atoms with Gasteiger partial charge < -0.3 is 0 Å². The maximum atomic E-state index is 2.42. The van der Waals surface area contributed by atoms with E-state index in [1.807, 2.05) is 0 Å². The SMILES string of the molecule is CCC(C)CC(CC(C)C)CC(CC)CC. The maximum Gasteiger partial charge on any atom is -0.0407 e. The fraction of sp³-hybridized carbons (Fsp3) is 1.00. The van der Waals surface area contributed by atoms with Crippen molar-refractivity contribution >= 4 is 0 Å². The molecule has 0 aliphatic heterocycles. The van der Waals surface area contributed by atoms with Crippen LogP contribution < -0.4 is 0 Å². The predicted octanol–water partition coefficient (Wildman–Crippen LogP) is 5.91. The molecule has 16 heavy (non-hydrogen) atoms. The van der Waals surface area contributed by atoms with Gasteiger partial charge in [0.2, 0.25) is 0 Å². The molecule has 0 nitrogen and oxygen atoms in total. The first-order chi connectivity index (χ1) is 7.53. The van der Waals surface area contributed by atoms with Gasteiger partial charge in [-0.2, -0.15) is 0 Å². The molecule has 0 aliphatic carbocycles. The van der Waals surface area contributed by atoms with Crippen molar-refractivity contribution in [2.45, 2.75) is 80.1 Å². The lowest BCUT2D eigenvalue weighted by Gasteiger charge is -2.25. The Kier molecular flexibility index (Phi) is 9.07. The second kappa shape index (κ2) is 9.07. The van der Waals surface area contributed by atoms with Crippen LogP contribution in [0.3, 0.4) is 0 Å². The Morgan fingerprint density at radius 2 is 1.19 bits per heavy atom. The third-order valence-corrected chi connectivity index (χ3v) is 4.06. The van der Waals surface area contributed by atoms with Crippen LogP contribution in [0.2, 0.25) is 0 Å². The summed E-state index contributed by atoms with van der Waals surface area (Å²) in [7, 11) is 0. The predicted molar refractivity (Wildman–Crippen MR) is 75.7 cm³/mol. The monoisotopic (exact) mass is 226 g/mol. The van der Waals surface area contributed by atoms with Crippen LogP contribution in [0.25, 0.3) is 0 Å². The highest BCUT2D eigenvalue weighted by Gasteiger charge is 2.17. The van der Waals surface area contributed by atoms with Gasteiger partial charge in [0.15, 0.2) is 0 Å². The zero-order valence-electron chi connectivity index (χ0n) is 12.6. The number of rotatable bonds is 9. The minimum atomic E-state index is 0.864. The van der Waals surface area contributed by atoms with Crippen LogP contribution in [0.4, 0.5) is 0 Å². The Labute approximate surface area is 104 Å². The fourth-order valence-corrected chi connectivity index (χ4v) is 2.78. The molecule has 0 heterocycles. The molecule has 0 aromatic heterocycles. The van der Waals surface area contributed by atoms with Crippen LogP contribution in [0.5, 0.6) is 0 Å². The second-order valence-electron chi connectivity index (χ2n) is 6.16. The van der Waals surface area contributed by atoms with Gasteiger partial charge in [-0.1, -0.05) is 60.8 Å². The second-order valence-corrected chi connectivity index (χ2v) is 6.16. The molecule has 0 aromatic carbocycles. The van der Waals surface area contributed by atoms with E-state index in [0.717, 1.165) is 23.7 Å². The summed E-state index contributed by atoms with van der Waals surface area (Å²) in [5, 5.41) is 0. The van der Waals surface area contributed by atoms with Gasteiger partial charge in [0.1, 0.15) is 0 Å². The van der Waals surface area contributed by atoms with Gasteiger partial charge in [0, 0.05) is 0 Å². The van der Waals surface area contributed by atoms with Crippen molar-refractivity contribution in [3.05, 3.63) is 0 Å². The highest BCUT2D eigenvalue weighted by atomic mass is 14.2. The van der Waals surface area contributed by atoms with E-state index in [4.69, 9.17) is 0 Å². The molecule has 0 saturated carbocycles. The minimum Gasteiger partial charge on any atom is -0.0651 e. The Bertz CT molecular complexity index is 144. The molecule has 0 heteroatoms. The minimum absolute atomic E-state index is 0.864. The molecule has 0 fully saturated rings. The molecule has 0 aromatic rings. The van der Waals surface area contributed by atoms with Crippen molar-refractivity contribution in [2.24, 2.45) is 23.7 Å². The zero-order valence-corrected chi connectivity index (χ0v) is 12.6. The summed E-state index contributed by atoms with van der Waals surface area (Å²) in [6.45, 7) is 14.2. The van der Waals surface area contributed by atoms with E-state index in [9.17, 15) is 0 Å². The number of hydrogen-bond acceptors (Lipinski definition) is 0. The summed E-state index contributed by atoms with van der Waals surface area (Å²) in [4.78, 5) is 0. The van der Waals surface area contributed by atoms with Gasteiger partial charge in [-0.25, -0.2) is 0 Å². The molecule has 0 bridgehead atoms. The molecule has 2 unspecified atom stereocenters. The first-order valence-corrected chi connectivity index (χ1v) is 7.53. The molecule has 0 saturated heterocycles. The van der Waals surface area contributed by atoms with Gasteiger partial charge in [-0.3, -0.25) is 0 Å². The summed E-state index contributed by atoms with van der Waals surface area (Å²) < 4.78 is 0. The summed E-state index contributed by atoms with van der Waals surface area (Å²) in [6.07, 6.45) is 8.43. The highest BCUT2D eigenvalue weighted by Crippen LogP contribution is 2.30. The lowest BCUT2D eigenvalue weighted by molar-refractivity contribution is 0.261. The van der Waals surface area contributed by atoms with Crippen LogP contribution in [0.1, 0.15) is 80.1 Å². The number of hydrogen-bond donors (Lipinski definition) is 0.